The molecule has 0 aliphatic heterocycles. The number of methoxy groups -OCH3 is 1. The average molecular weight is 443 g/mol. The van der Waals surface area contributed by atoms with E-state index in [0.29, 0.717) is 12.3 Å². The highest BCUT2D eigenvalue weighted by atomic mass is 32.2. The number of nitrogens with one attached hydrogen (secondary N) is 1. The van der Waals surface area contributed by atoms with Crippen molar-refractivity contribution in [1.82, 2.24) is 0 Å². The van der Waals surface area contributed by atoms with Gasteiger partial charge in [0.1, 0.15) is 12.4 Å². The van der Waals surface area contributed by atoms with Crippen LogP contribution in [0, 0.1) is 12.7 Å². The van der Waals surface area contributed by atoms with Crippen LogP contribution in [0.4, 0.5) is 15.8 Å². The molecule has 0 radical (unpaired) electrons. The van der Waals surface area contributed by atoms with Crippen molar-refractivity contribution >= 4 is 27.3 Å². The van der Waals surface area contributed by atoms with Crippen LogP contribution in [-0.2, 0) is 26.2 Å². The summed E-state index contributed by atoms with van der Waals surface area (Å²) in [5.41, 5.74) is 2.01. The van der Waals surface area contributed by atoms with Gasteiger partial charge in [-0.3, -0.25) is 9.10 Å². The van der Waals surface area contributed by atoms with Gasteiger partial charge < -0.3 is 10.1 Å². The van der Waals surface area contributed by atoms with E-state index in [1.54, 1.807) is 37.4 Å². The van der Waals surface area contributed by atoms with Crippen molar-refractivity contribution in [3.05, 3.63) is 89.7 Å². The van der Waals surface area contributed by atoms with Crippen LogP contribution in [0.5, 0.6) is 0 Å². The molecule has 8 heteroatoms. The van der Waals surface area contributed by atoms with E-state index in [0.717, 1.165) is 21.5 Å². The maximum absolute atomic E-state index is 14.5. The molecule has 0 atom stereocenters. The number of anilines is 2. The van der Waals surface area contributed by atoms with Crippen molar-refractivity contribution in [2.75, 3.05) is 23.3 Å². The molecule has 0 fully saturated rings. The predicted molar refractivity (Wildman–Crippen MR) is 118 cm³/mol. The van der Waals surface area contributed by atoms with Gasteiger partial charge in [0.15, 0.2) is 0 Å². The fourth-order valence-electron chi connectivity index (χ4n) is 3.03. The van der Waals surface area contributed by atoms with Crippen LogP contribution >= 0.6 is 0 Å². The topological polar surface area (TPSA) is 75.7 Å². The second-order valence-electron chi connectivity index (χ2n) is 6.96. The lowest BCUT2D eigenvalue weighted by Gasteiger charge is -2.24. The molecule has 0 spiro atoms. The number of amides is 1. The van der Waals surface area contributed by atoms with Crippen LogP contribution in [0.3, 0.4) is 0 Å². The van der Waals surface area contributed by atoms with Crippen molar-refractivity contribution in [2.45, 2.75) is 18.4 Å². The summed E-state index contributed by atoms with van der Waals surface area (Å²) in [5, 5.41) is 2.67. The van der Waals surface area contributed by atoms with E-state index < -0.39 is 28.3 Å². The Bertz CT molecular complexity index is 1160. The van der Waals surface area contributed by atoms with E-state index in [9.17, 15) is 17.6 Å². The van der Waals surface area contributed by atoms with Crippen molar-refractivity contribution < 1.29 is 22.3 Å². The number of carbonyl (C=O) groups is 1. The van der Waals surface area contributed by atoms with Gasteiger partial charge in [0, 0.05) is 12.8 Å². The monoisotopic (exact) mass is 442 g/mol. The van der Waals surface area contributed by atoms with E-state index >= 15 is 0 Å². The Balaban J connectivity index is 1.92. The van der Waals surface area contributed by atoms with Crippen molar-refractivity contribution in [3.63, 3.8) is 0 Å². The highest BCUT2D eigenvalue weighted by Crippen LogP contribution is 2.26. The summed E-state index contributed by atoms with van der Waals surface area (Å²) in [7, 11) is -2.62. The zero-order valence-corrected chi connectivity index (χ0v) is 18.0. The number of sulfonamides is 1. The van der Waals surface area contributed by atoms with Crippen LogP contribution in [0.25, 0.3) is 0 Å². The summed E-state index contributed by atoms with van der Waals surface area (Å²) in [4.78, 5) is 12.7. The van der Waals surface area contributed by atoms with Crippen LogP contribution in [0.2, 0.25) is 0 Å². The fraction of sp³-hybridized carbons (Fsp3) is 0.174. The van der Waals surface area contributed by atoms with Gasteiger partial charge >= 0.3 is 0 Å². The SMILES string of the molecule is COCc1cccc(NC(=O)CN(c2ccccc2F)S(=O)(=O)c2ccc(C)cc2)c1. The first-order chi connectivity index (χ1) is 14.8. The van der Waals surface area contributed by atoms with Crippen molar-refractivity contribution in [3.8, 4) is 0 Å². The second-order valence-corrected chi connectivity index (χ2v) is 8.82. The van der Waals surface area contributed by atoms with Gasteiger partial charge in [-0.1, -0.05) is 42.0 Å². The van der Waals surface area contributed by atoms with E-state index in [4.69, 9.17) is 4.74 Å². The smallest absolute Gasteiger partial charge is 0.264 e. The number of hydrogen-bond acceptors (Lipinski definition) is 4. The Morgan fingerprint density at radius 2 is 1.74 bits per heavy atom. The first-order valence-electron chi connectivity index (χ1n) is 9.53. The Morgan fingerprint density at radius 1 is 1.03 bits per heavy atom. The minimum atomic E-state index is -4.19. The zero-order valence-electron chi connectivity index (χ0n) is 17.2. The number of hydrogen-bond donors (Lipinski definition) is 1. The zero-order chi connectivity index (χ0) is 22.4. The summed E-state index contributed by atoms with van der Waals surface area (Å²) >= 11 is 0. The molecule has 0 bridgehead atoms. The van der Waals surface area contributed by atoms with Crippen LogP contribution in [0.1, 0.15) is 11.1 Å². The number of ether oxygens (including phenoxy) is 1. The Hall–Kier alpha value is -3.23. The molecular weight excluding hydrogens is 419 g/mol. The molecule has 0 aromatic heterocycles. The lowest BCUT2D eigenvalue weighted by molar-refractivity contribution is -0.114. The van der Waals surface area contributed by atoms with Gasteiger partial charge in [-0.15, -0.1) is 0 Å². The van der Waals surface area contributed by atoms with Crippen molar-refractivity contribution in [1.29, 1.82) is 0 Å². The Morgan fingerprint density at radius 3 is 2.42 bits per heavy atom. The largest absolute Gasteiger partial charge is 0.380 e. The molecule has 0 aliphatic rings. The third kappa shape index (κ3) is 5.48. The number of aryl methyl sites for hydroxylation is 1. The molecule has 6 nitrogen and oxygen atoms in total. The molecular formula is C23H23FN2O4S. The van der Waals surface area contributed by atoms with Crippen LogP contribution in [-0.4, -0.2) is 28.0 Å². The highest BCUT2D eigenvalue weighted by Gasteiger charge is 2.29. The summed E-state index contributed by atoms with van der Waals surface area (Å²) < 4.78 is 46.9. The number of para-hydroxylation sites is 1. The molecule has 1 amide bonds. The molecule has 0 saturated heterocycles. The number of nitrogens with zero attached hydrogens (tertiary/aromatic N) is 1. The number of benzene rings is 3. The predicted octanol–water partition coefficient (Wildman–Crippen LogP) is 4.11. The quantitative estimate of drug-likeness (QED) is 0.570. The maximum atomic E-state index is 14.5. The van der Waals surface area contributed by atoms with E-state index in [1.807, 2.05) is 13.0 Å². The van der Waals surface area contributed by atoms with Crippen molar-refractivity contribution in [2.24, 2.45) is 0 Å². The number of halogens is 1. The standard InChI is InChI=1S/C23H23FN2O4S/c1-17-10-12-20(13-11-17)31(28,29)26(22-9-4-3-8-21(22)24)15-23(27)25-19-7-5-6-18(14-19)16-30-2/h3-14H,15-16H2,1-2H3,(H,25,27). The van der Waals surface area contributed by atoms with Gasteiger partial charge in [-0.25, -0.2) is 12.8 Å². The molecule has 0 heterocycles. The van der Waals surface area contributed by atoms with Gasteiger partial charge in [0.05, 0.1) is 17.2 Å². The first-order valence-corrected chi connectivity index (χ1v) is 11.0. The normalized spacial score (nSPS) is 11.2. The fourth-order valence-corrected chi connectivity index (χ4v) is 4.46. The lowest BCUT2D eigenvalue weighted by Crippen LogP contribution is -2.38. The average Bonchev–Trinajstić information content (AvgIpc) is 2.73. The van der Waals surface area contributed by atoms with E-state index in [2.05, 4.69) is 5.32 Å². The Kier molecular flexibility index (Phi) is 7.04. The third-order valence-electron chi connectivity index (χ3n) is 4.54. The highest BCUT2D eigenvalue weighted by molar-refractivity contribution is 7.92. The minimum Gasteiger partial charge on any atom is -0.380 e. The summed E-state index contributed by atoms with van der Waals surface area (Å²) in [6.45, 7) is 1.61. The van der Waals surface area contributed by atoms with Gasteiger partial charge in [-0.2, -0.15) is 0 Å². The molecule has 0 saturated carbocycles. The maximum Gasteiger partial charge on any atom is 0.264 e. The number of rotatable bonds is 8. The van der Waals surface area contributed by atoms with Gasteiger partial charge in [0.2, 0.25) is 5.91 Å². The number of carbonyl (C=O) groups excluding carboxylic acids is 1. The summed E-state index contributed by atoms with van der Waals surface area (Å²) in [6, 6.07) is 18.6. The van der Waals surface area contributed by atoms with Gasteiger partial charge in [-0.05, 0) is 48.9 Å². The minimum absolute atomic E-state index is 0.0313. The molecule has 162 valence electrons. The van der Waals surface area contributed by atoms with Gasteiger partial charge in [0.25, 0.3) is 10.0 Å². The first kappa shape index (κ1) is 22.5. The molecule has 1 N–H and O–H groups in total. The van der Waals surface area contributed by atoms with E-state index in [1.165, 1.54) is 30.3 Å². The Labute approximate surface area is 181 Å². The second kappa shape index (κ2) is 9.72. The molecule has 0 aliphatic carbocycles. The third-order valence-corrected chi connectivity index (χ3v) is 6.31. The lowest BCUT2D eigenvalue weighted by atomic mass is 10.2. The molecule has 0 unspecified atom stereocenters. The van der Waals surface area contributed by atoms with Crippen LogP contribution < -0.4 is 9.62 Å². The molecule has 3 rings (SSSR count). The van der Waals surface area contributed by atoms with Crippen LogP contribution in [0.15, 0.2) is 77.7 Å². The molecule has 3 aromatic rings. The molecule has 31 heavy (non-hydrogen) atoms. The van der Waals surface area contributed by atoms with E-state index in [-0.39, 0.29) is 10.6 Å². The summed E-state index contributed by atoms with van der Waals surface area (Å²) in [6.07, 6.45) is 0. The summed E-state index contributed by atoms with van der Waals surface area (Å²) in [5.74, 6) is -1.35. The molecule has 3 aromatic carbocycles.